The number of carbonyl (C=O) groups is 2. The molecule has 104 valence electrons. The molecule has 1 N–H and O–H groups in total. The van der Waals surface area contributed by atoms with Gasteiger partial charge in [-0.05, 0) is 6.07 Å². The first-order chi connectivity index (χ1) is 9.38. The number of nitrogens with zero attached hydrogens (tertiary/aromatic N) is 3. The summed E-state index contributed by atoms with van der Waals surface area (Å²) in [6, 6.07) is 3.49. The lowest BCUT2D eigenvalue weighted by molar-refractivity contribution is -0.384. The van der Waals surface area contributed by atoms with E-state index in [4.69, 9.17) is 11.6 Å². The van der Waals surface area contributed by atoms with Crippen LogP contribution in [0.3, 0.4) is 0 Å². The Labute approximate surface area is 118 Å². The van der Waals surface area contributed by atoms with Crippen LogP contribution in [0.5, 0.6) is 0 Å². The standard InChI is InChI=1S/C11H9ClN4O4/c1-15-5-9(17)13-11(15)14-10(18)7-4-6(16(19)20)2-3-8(7)12/h2-4H,5H2,1H3,(H,13,14,17,18). The number of hydrogen-bond donors (Lipinski definition) is 1. The van der Waals surface area contributed by atoms with E-state index < -0.39 is 10.8 Å². The average Bonchev–Trinajstić information content (AvgIpc) is 2.67. The van der Waals surface area contributed by atoms with Gasteiger partial charge in [0.25, 0.3) is 11.6 Å². The van der Waals surface area contributed by atoms with Gasteiger partial charge in [-0.2, -0.15) is 4.99 Å². The first-order valence-corrected chi connectivity index (χ1v) is 5.84. The normalized spacial score (nSPS) is 16.4. The van der Waals surface area contributed by atoms with Crippen molar-refractivity contribution in [3.63, 3.8) is 0 Å². The molecule has 0 atom stereocenters. The molecule has 20 heavy (non-hydrogen) atoms. The van der Waals surface area contributed by atoms with E-state index in [1.165, 1.54) is 17.0 Å². The zero-order chi connectivity index (χ0) is 14.9. The minimum absolute atomic E-state index is 0.0527. The van der Waals surface area contributed by atoms with E-state index in [2.05, 4.69) is 10.3 Å². The number of rotatable bonds is 2. The summed E-state index contributed by atoms with van der Waals surface area (Å²) < 4.78 is 0. The highest BCUT2D eigenvalue weighted by molar-refractivity contribution is 6.34. The summed E-state index contributed by atoms with van der Waals surface area (Å²) >= 11 is 5.83. The number of nitrogens with one attached hydrogen (secondary N) is 1. The number of halogens is 1. The number of likely N-dealkylation sites (N-methyl/N-ethyl adjacent to an activating group) is 1. The molecule has 2 rings (SSSR count). The summed E-state index contributed by atoms with van der Waals surface area (Å²) in [5.41, 5.74) is -0.357. The van der Waals surface area contributed by atoms with Crippen molar-refractivity contribution in [3.8, 4) is 0 Å². The van der Waals surface area contributed by atoms with Crippen LogP contribution in [-0.2, 0) is 4.79 Å². The van der Waals surface area contributed by atoms with Gasteiger partial charge in [-0.15, -0.1) is 0 Å². The molecule has 0 saturated carbocycles. The molecule has 1 fully saturated rings. The van der Waals surface area contributed by atoms with Crippen molar-refractivity contribution in [2.24, 2.45) is 4.99 Å². The molecule has 1 aromatic carbocycles. The van der Waals surface area contributed by atoms with Gasteiger partial charge in [-0.25, -0.2) is 0 Å². The SMILES string of the molecule is CN1CC(=O)NC1=NC(=O)c1cc([N+](=O)[O-])ccc1Cl. The number of non-ortho nitro benzene ring substituents is 1. The molecular weight excluding hydrogens is 288 g/mol. The Morgan fingerprint density at radius 3 is 2.80 bits per heavy atom. The largest absolute Gasteiger partial charge is 0.336 e. The zero-order valence-corrected chi connectivity index (χ0v) is 11.0. The van der Waals surface area contributed by atoms with Crippen molar-refractivity contribution < 1.29 is 14.5 Å². The Bertz CT molecular complexity index is 643. The van der Waals surface area contributed by atoms with Crippen LogP contribution in [0.25, 0.3) is 0 Å². The number of nitro groups is 1. The maximum atomic E-state index is 12.0. The minimum Gasteiger partial charge on any atom is -0.336 e. The molecule has 1 heterocycles. The van der Waals surface area contributed by atoms with Gasteiger partial charge >= 0.3 is 0 Å². The molecule has 1 aliphatic rings. The molecule has 0 aliphatic carbocycles. The number of nitro benzene ring substituents is 1. The van der Waals surface area contributed by atoms with Crippen LogP contribution >= 0.6 is 11.6 Å². The molecule has 0 spiro atoms. The van der Waals surface area contributed by atoms with Crippen molar-refractivity contribution in [3.05, 3.63) is 38.9 Å². The summed E-state index contributed by atoms with van der Waals surface area (Å²) in [5.74, 6) is -0.963. The fourth-order valence-electron chi connectivity index (χ4n) is 1.61. The second-order valence-electron chi connectivity index (χ2n) is 4.07. The smallest absolute Gasteiger partial charge is 0.281 e. The second-order valence-corrected chi connectivity index (χ2v) is 4.47. The number of guanidine groups is 1. The quantitative estimate of drug-likeness (QED) is 0.642. The Hall–Kier alpha value is -2.48. The first kappa shape index (κ1) is 13.9. The Kier molecular flexibility index (Phi) is 3.66. The van der Waals surface area contributed by atoms with Gasteiger partial charge in [0.15, 0.2) is 0 Å². The predicted molar refractivity (Wildman–Crippen MR) is 70.6 cm³/mol. The van der Waals surface area contributed by atoms with Gasteiger partial charge < -0.3 is 4.90 Å². The number of amides is 2. The van der Waals surface area contributed by atoms with Crippen LogP contribution in [0.2, 0.25) is 5.02 Å². The Balaban J connectivity index is 2.34. The number of aliphatic imine (C=N–C) groups is 1. The molecule has 1 aliphatic heterocycles. The minimum atomic E-state index is -0.761. The fraction of sp³-hybridized carbons (Fsp3) is 0.182. The van der Waals surface area contributed by atoms with E-state index in [1.54, 1.807) is 7.05 Å². The predicted octanol–water partition coefficient (Wildman–Crippen LogP) is 0.806. The van der Waals surface area contributed by atoms with E-state index in [-0.39, 0.29) is 34.7 Å². The van der Waals surface area contributed by atoms with E-state index in [9.17, 15) is 19.7 Å². The Morgan fingerprint density at radius 1 is 1.55 bits per heavy atom. The topological polar surface area (TPSA) is 105 Å². The molecule has 0 bridgehead atoms. The second kappa shape index (κ2) is 5.25. The molecule has 2 amide bonds. The lowest BCUT2D eigenvalue weighted by atomic mass is 10.2. The van der Waals surface area contributed by atoms with Crippen molar-refractivity contribution in [2.45, 2.75) is 0 Å². The maximum Gasteiger partial charge on any atom is 0.281 e. The van der Waals surface area contributed by atoms with E-state index >= 15 is 0 Å². The molecule has 0 aromatic heterocycles. The van der Waals surface area contributed by atoms with Crippen LogP contribution in [0, 0.1) is 10.1 Å². The van der Waals surface area contributed by atoms with E-state index in [0.717, 1.165) is 6.07 Å². The fourth-order valence-corrected chi connectivity index (χ4v) is 1.81. The monoisotopic (exact) mass is 296 g/mol. The van der Waals surface area contributed by atoms with E-state index in [0.29, 0.717) is 0 Å². The summed E-state index contributed by atoms with van der Waals surface area (Å²) in [5, 5.41) is 13.1. The highest BCUT2D eigenvalue weighted by Crippen LogP contribution is 2.22. The molecule has 1 saturated heterocycles. The third kappa shape index (κ3) is 2.75. The number of hydrogen-bond acceptors (Lipinski definition) is 4. The highest BCUT2D eigenvalue weighted by atomic mass is 35.5. The van der Waals surface area contributed by atoms with Crippen LogP contribution in [0.1, 0.15) is 10.4 Å². The van der Waals surface area contributed by atoms with Crippen molar-refractivity contribution in [2.75, 3.05) is 13.6 Å². The molecule has 1 aromatic rings. The lowest BCUT2D eigenvalue weighted by Crippen LogP contribution is -2.28. The zero-order valence-electron chi connectivity index (χ0n) is 10.3. The van der Waals surface area contributed by atoms with Crippen molar-refractivity contribution in [1.29, 1.82) is 0 Å². The molecule has 0 unspecified atom stereocenters. The van der Waals surface area contributed by atoms with E-state index in [1.807, 2.05) is 0 Å². The summed E-state index contributed by atoms with van der Waals surface area (Å²) in [7, 11) is 1.58. The number of carbonyl (C=O) groups excluding carboxylic acids is 2. The van der Waals surface area contributed by atoms with Crippen molar-refractivity contribution in [1.82, 2.24) is 10.2 Å². The van der Waals surface area contributed by atoms with Gasteiger partial charge in [0.2, 0.25) is 11.9 Å². The van der Waals surface area contributed by atoms with Gasteiger partial charge in [0.05, 0.1) is 22.1 Å². The highest BCUT2D eigenvalue weighted by Gasteiger charge is 2.23. The third-order valence-corrected chi connectivity index (χ3v) is 2.92. The average molecular weight is 297 g/mol. The van der Waals surface area contributed by atoms with Crippen LogP contribution < -0.4 is 5.32 Å². The molecule has 9 heteroatoms. The molecule has 0 radical (unpaired) electrons. The van der Waals surface area contributed by atoms with Gasteiger partial charge in [0.1, 0.15) is 0 Å². The summed E-state index contributed by atoms with van der Waals surface area (Å²) in [6.07, 6.45) is 0. The summed E-state index contributed by atoms with van der Waals surface area (Å²) in [6.45, 7) is 0.0920. The van der Waals surface area contributed by atoms with Gasteiger partial charge in [0, 0.05) is 19.2 Å². The van der Waals surface area contributed by atoms with Crippen molar-refractivity contribution >= 4 is 35.1 Å². The maximum absolute atomic E-state index is 12.0. The Morgan fingerprint density at radius 2 is 2.25 bits per heavy atom. The molecule has 8 nitrogen and oxygen atoms in total. The van der Waals surface area contributed by atoms with Gasteiger partial charge in [-0.1, -0.05) is 11.6 Å². The van der Waals surface area contributed by atoms with Gasteiger partial charge in [-0.3, -0.25) is 25.0 Å². The molecular formula is C11H9ClN4O4. The third-order valence-electron chi connectivity index (χ3n) is 2.59. The van der Waals surface area contributed by atoms with Crippen LogP contribution in [0.15, 0.2) is 23.2 Å². The lowest BCUT2D eigenvalue weighted by Gasteiger charge is -2.08. The first-order valence-electron chi connectivity index (χ1n) is 5.46. The number of benzene rings is 1. The summed E-state index contributed by atoms with van der Waals surface area (Å²) in [4.78, 5) is 38.3. The van der Waals surface area contributed by atoms with Crippen LogP contribution in [0.4, 0.5) is 5.69 Å². The van der Waals surface area contributed by atoms with Crippen LogP contribution in [-0.4, -0.2) is 41.2 Å².